The molecule has 0 spiro atoms. The van der Waals surface area contributed by atoms with Gasteiger partial charge in [-0.05, 0) is 38.1 Å². The molecule has 2 heterocycles. The highest BCUT2D eigenvalue weighted by molar-refractivity contribution is 5.94. The standard InChI is InChI=1S/C20H21FN4O/c1-13-18(14(2)25(4)23-13)12-24(3)20(26)16-8-9-19(22-11-16)15-6-5-7-17(21)10-15/h5-11H,12H2,1-4H3. The lowest BCUT2D eigenvalue weighted by Crippen LogP contribution is -2.26. The molecular weight excluding hydrogens is 331 g/mol. The number of aromatic nitrogens is 3. The first kappa shape index (κ1) is 17.8. The Bertz CT molecular complexity index is 947. The summed E-state index contributed by atoms with van der Waals surface area (Å²) in [5.74, 6) is -0.433. The second kappa shape index (κ2) is 7.07. The molecule has 1 aromatic carbocycles. The summed E-state index contributed by atoms with van der Waals surface area (Å²) in [6, 6.07) is 9.68. The predicted octanol–water partition coefficient (Wildman–Crippen LogP) is 3.51. The van der Waals surface area contributed by atoms with Crippen molar-refractivity contribution >= 4 is 5.91 Å². The molecule has 3 aromatic rings. The second-order valence-corrected chi connectivity index (χ2v) is 6.38. The topological polar surface area (TPSA) is 51.0 Å². The number of hydrogen-bond acceptors (Lipinski definition) is 3. The van der Waals surface area contributed by atoms with Crippen molar-refractivity contribution in [1.82, 2.24) is 19.7 Å². The monoisotopic (exact) mass is 352 g/mol. The SMILES string of the molecule is Cc1nn(C)c(C)c1CN(C)C(=O)c1ccc(-c2cccc(F)c2)nc1. The number of hydrogen-bond donors (Lipinski definition) is 0. The van der Waals surface area contributed by atoms with Crippen molar-refractivity contribution in [3.05, 3.63) is 70.9 Å². The molecule has 3 rings (SSSR count). The Hall–Kier alpha value is -3.02. The van der Waals surface area contributed by atoms with Crippen LogP contribution in [0.4, 0.5) is 4.39 Å². The minimum absolute atomic E-state index is 0.119. The van der Waals surface area contributed by atoms with Gasteiger partial charge in [0.1, 0.15) is 5.82 Å². The van der Waals surface area contributed by atoms with Crippen molar-refractivity contribution in [2.45, 2.75) is 20.4 Å². The third-order valence-corrected chi connectivity index (χ3v) is 4.53. The van der Waals surface area contributed by atoms with E-state index in [9.17, 15) is 9.18 Å². The third kappa shape index (κ3) is 3.49. The summed E-state index contributed by atoms with van der Waals surface area (Å²) in [5.41, 5.74) is 4.81. The maximum absolute atomic E-state index is 13.3. The average Bonchev–Trinajstić information content (AvgIpc) is 2.87. The van der Waals surface area contributed by atoms with Gasteiger partial charge in [0.25, 0.3) is 5.91 Å². The zero-order chi connectivity index (χ0) is 18.8. The quantitative estimate of drug-likeness (QED) is 0.722. The molecule has 5 nitrogen and oxygen atoms in total. The molecule has 0 N–H and O–H groups in total. The zero-order valence-electron chi connectivity index (χ0n) is 15.3. The van der Waals surface area contributed by atoms with E-state index in [-0.39, 0.29) is 11.7 Å². The lowest BCUT2D eigenvalue weighted by molar-refractivity contribution is 0.0784. The van der Waals surface area contributed by atoms with Crippen LogP contribution >= 0.6 is 0 Å². The lowest BCUT2D eigenvalue weighted by Gasteiger charge is -2.17. The predicted molar refractivity (Wildman–Crippen MR) is 98.1 cm³/mol. The summed E-state index contributed by atoms with van der Waals surface area (Å²) in [6.45, 7) is 4.41. The number of pyridine rings is 1. The molecule has 0 atom stereocenters. The number of carbonyl (C=O) groups is 1. The third-order valence-electron chi connectivity index (χ3n) is 4.53. The van der Waals surface area contributed by atoms with Gasteiger partial charge < -0.3 is 4.90 Å². The molecule has 1 amide bonds. The van der Waals surface area contributed by atoms with Crippen LogP contribution < -0.4 is 0 Å². The van der Waals surface area contributed by atoms with Crippen LogP contribution in [0.15, 0.2) is 42.6 Å². The molecule has 0 bridgehead atoms. The van der Waals surface area contributed by atoms with Gasteiger partial charge in [-0.2, -0.15) is 5.10 Å². The minimum atomic E-state index is -0.314. The number of nitrogens with zero attached hydrogens (tertiary/aromatic N) is 4. The fourth-order valence-corrected chi connectivity index (χ4v) is 2.91. The van der Waals surface area contributed by atoms with E-state index in [2.05, 4.69) is 10.1 Å². The molecule has 0 aliphatic rings. The van der Waals surface area contributed by atoms with Crippen molar-refractivity contribution in [2.75, 3.05) is 7.05 Å². The van der Waals surface area contributed by atoms with Crippen LogP contribution in [-0.4, -0.2) is 32.6 Å². The zero-order valence-corrected chi connectivity index (χ0v) is 15.3. The van der Waals surface area contributed by atoms with Crippen molar-refractivity contribution in [3.8, 4) is 11.3 Å². The number of amides is 1. The number of aryl methyl sites for hydroxylation is 2. The minimum Gasteiger partial charge on any atom is -0.337 e. The molecule has 134 valence electrons. The Kier molecular flexibility index (Phi) is 4.84. The first-order valence-corrected chi connectivity index (χ1v) is 8.33. The van der Waals surface area contributed by atoms with Crippen molar-refractivity contribution in [1.29, 1.82) is 0 Å². The molecule has 0 saturated carbocycles. The summed E-state index contributed by atoms with van der Waals surface area (Å²) in [6.07, 6.45) is 1.53. The van der Waals surface area contributed by atoms with E-state index < -0.39 is 0 Å². The van der Waals surface area contributed by atoms with E-state index in [1.807, 2.05) is 25.6 Å². The fourth-order valence-electron chi connectivity index (χ4n) is 2.91. The molecule has 6 heteroatoms. The van der Waals surface area contributed by atoms with Gasteiger partial charge in [-0.1, -0.05) is 12.1 Å². The number of carbonyl (C=O) groups excluding carboxylic acids is 1. The number of benzene rings is 1. The highest BCUT2D eigenvalue weighted by Gasteiger charge is 2.17. The van der Waals surface area contributed by atoms with E-state index in [0.29, 0.717) is 23.4 Å². The van der Waals surface area contributed by atoms with E-state index in [4.69, 9.17) is 0 Å². The normalized spacial score (nSPS) is 10.8. The second-order valence-electron chi connectivity index (χ2n) is 6.38. The average molecular weight is 352 g/mol. The largest absolute Gasteiger partial charge is 0.337 e. The molecule has 0 saturated heterocycles. The van der Waals surface area contributed by atoms with Crippen molar-refractivity contribution in [2.24, 2.45) is 7.05 Å². The summed E-state index contributed by atoms with van der Waals surface area (Å²) in [7, 11) is 3.65. The smallest absolute Gasteiger partial charge is 0.255 e. The van der Waals surface area contributed by atoms with E-state index in [0.717, 1.165) is 17.0 Å². The lowest BCUT2D eigenvalue weighted by atomic mass is 10.1. The summed E-state index contributed by atoms with van der Waals surface area (Å²) in [4.78, 5) is 18.6. The highest BCUT2D eigenvalue weighted by Crippen LogP contribution is 2.19. The highest BCUT2D eigenvalue weighted by atomic mass is 19.1. The van der Waals surface area contributed by atoms with Crippen LogP contribution in [0.3, 0.4) is 0 Å². The van der Waals surface area contributed by atoms with Gasteiger partial charge >= 0.3 is 0 Å². The van der Waals surface area contributed by atoms with Crippen LogP contribution in [0, 0.1) is 19.7 Å². The Morgan fingerprint density at radius 2 is 2.00 bits per heavy atom. The first-order chi connectivity index (χ1) is 12.4. The molecular formula is C20H21FN4O. The summed E-state index contributed by atoms with van der Waals surface area (Å²) < 4.78 is 15.2. The van der Waals surface area contributed by atoms with Crippen LogP contribution in [0.1, 0.15) is 27.3 Å². The van der Waals surface area contributed by atoms with Gasteiger partial charge in [-0.15, -0.1) is 0 Å². The molecule has 0 fully saturated rings. The van der Waals surface area contributed by atoms with Gasteiger partial charge in [-0.3, -0.25) is 14.5 Å². The van der Waals surface area contributed by atoms with Crippen molar-refractivity contribution in [3.63, 3.8) is 0 Å². The van der Waals surface area contributed by atoms with Crippen LogP contribution in [-0.2, 0) is 13.6 Å². The van der Waals surface area contributed by atoms with Gasteiger partial charge in [0.2, 0.25) is 0 Å². The Labute approximate surface area is 152 Å². The van der Waals surface area contributed by atoms with Gasteiger partial charge in [0, 0.05) is 43.7 Å². The molecule has 0 radical (unpaired) electrons. The molecule has 2 aromatic heterocycles. The van der Waals surface area contributed by atoms with Gasteiger partial charge in [0.15, 0.2) is 0 Å². The molecule has 26 heavy (non-hydrogen) atoms. The number of halogens is 1. The van der Waals surface area contributed by atoms with Crippen LogP contribution in [0.5, 0.6) is 0 Å². The van der Waals surface area contributed by atoms with E-state index >= 15 is 0 Å². The Morgan fingerprint density at radius 1 is 1.23 bits per heavy atom. The molecule has 0 aliphatic heterocycles. The van der Waals surface area contributed by atoms with E-state index in [1.165, 1.54) is 18.3 Å². The van der Waals surface area contributed by atoms with Crippen LogP contribution in [0.2, 0.25) is 0 Å². The van der Waals surface area contributed by atoms with Crippen LogP contribution in [0.25, 0.3) is 11.3 Å². The maximum atomic E-state index is 13.3. The fraction of sp³-hybridized carbons (Fsp3) is 0.250. The Morgan fingerprint density at radius 3 is 2.58 bits per heavy atom. The van der Waals surface area contributed by atoms with E-state index in [1.54, 1.807) is 36.2 Å². The summed E-state index contributed by atoms with van der Waals surface area (Å²) >= 11 is 0. The first-order valence-electron chi connectivity index (χ1n) is 8.33. The van der Waals surface area contributed by atoms with Gasteiger partial charge in [0.05, 0.1) is 17.0 Å². The molecule has 0 aliphatic carbocycles. The number of rotatable bonds is 4. The Balaban J connectivity index is 1.77. The summed E-state index contributed by atoms with van der Waals surface area (Å²) in [5, 5.41) is 4.38. The van der Waals surface area contributed by atoms with Gasteiger partial charge in [-0.25, -0.2) is 4.39 Å². The molecule has 0 unspecified atom stereocenters. The van der Waals surface area contributed by atoms with Crippen molar-refractivity contribution < 1.29 is 9.18 Å². The maximum Gasteiger partial charge on any atom is 0.255 e.